The molecule has 5 heteroatoms. The largest absolute Gasteiger partial charge is 0.476 e. The van der Waals surface area contributed by atoms with Crippen LogP contribution in [0.15, 0.2) is 18.3 Å². The van der Waals surface area contributed by atoms with Crippen molar-refractivity contribution in [1.29, 1.82) is 0 Å². The Bertz CT molecular complexity index is 402. The van der Waals surface area contributed by atoms with Gasteiger partial charge in [0, 0.05) is 18.3 Å². The molecular formula is C12H19N3O2. The van der Waals surface area contributed by atoms with Gasteiger partial charge in [-0.3, -0.25) is 0 Å². The highest BCUT2D eigenvalue weighted by molar-refractivity contribution is 5.91. The van der Waals surface area contributed by atoms with Gasteiger partial charge in [0.25, 0.3) is 0 Å². The molecule has 5 nitrogen and oxygen atoms in total. The van der Waals surface area contributed by atoms with E-state index in [0.717, 1.165) is 0 Å². The number of hydrogen-bond donors (Lipinski definition) is 2. The van der Waals surface area contributed by atoms with Crippen molar-refractivity contribution in [3.05, 3.63) is 24.0 Å². The molecule has 0 aliphatic rings. The number of nitrogens with zero attached hydrogens (tertiary/aromatic N) is 2. The summed E-state index contributed by atoms with van der Waals surface area (Å²) in [5.41, 5.74) is 0.544. The molecule has 2 N–H and O–H groups in total. The first-order valence-corrected chi connectivity index (χ1v) is 5.44. The zero-order chi connectivity index (χ0) is 13.1. The molecule has 0 spiro atoms. The Kier molecular flexibility index (Phi) is 4.07. The Hall–Kier alpha value is -1.62. The van der Waals surface area contributed by atoms with Crippen LogP contribution in [0.4, 0.5) is 5.69 Å². The quantitative estimate of drug-likeness (QED) is 0.813. The maximum atomic E-state index is 11.0. The predicted molar refractivity (Wildman–Crippen MR) is 67.5 cm³/mol. The molecule has 1 aromatic rings. The van der Waals surface area contributed by atoms with Gasteiger partial charge in [-0.05, 0) is 40.1 Å². The van der Waals surface area contributed by atoms with E-state index in [1.54, 1.807) is 12.1 Å². The SMILES string of the molecule is CN(C)C(C)(C)CNc1cccnc1C(=O)O. The second-order valence-electron chi connectivity index (χ2n) is 4.77. The van der Waals surface area contributed by atoms with Crippen molar-refractivity contribution < 1.29 is 9.90 Å². The molecule has 0 unspecified atom stereocenters. The van der Waals surface area contributed by atoms with Gasteiger partial charge >= 0.3 is 5.97 Å². The van der Waals surface area contributed by atoms with Crippen LogP contribution in [0.25, 0.3) is 0 Å². The van der Waals surface area contributed by atoms with Gasteiger partial charge in [0.1, 0.15) is 0 Å². The van der Waals surface area contributed by atoms with Crippen LogP contribution in [0, 0.1) is 0 Å². The topological polar surface area (TPSA) is 65.5 Å². The van der Waals surface area contributed by atoms with Crippen LogP contribution in [0.3, 0.4) is 0 Å². The van der Waals surface area contributed by atoms with Crippen molar-refractivity contribution in [1.82, 2.24) is 9.88 Å². The van der Waals surface area contributed by atoms with E-state index in [2.05, 4.69) is 29.0 Å². The average Bonchev–Trinajstić information content (AvgIpc) is 2.26. The van der Waals surface area contributed by atoms with Gasteiger partial charge < -0.3 is 15.3 Å². The molecule has 0 amide bonds. The lowest BCUT2D eigenvalue weighted by Crippen LogP contribution is -2.44. The first-order chi connectivity index (χ1) is 7.84. The van der Waals surface area contributed by atoms with Gasteiger partial charge in [0.15, 0.2) is 5.69 Å². The van der Waals surface area contributed by atoms with E-state index < -0.39 is 5.97 Å². The van der Waals surface area contributed by atoms with Crippen molar-refractivity contribution in [3.8, 4) is 0 Å². The maximum absolute atomic E-state index is 11.0. The van der Waals surface area contributed by atoms with Crippen molar-refractivity contribution >= 4 is 11.7 Å². The molecule has 0 saturated heterocycles. The molecule has 0 atom stereocenters. The maximum Gasteiger partial charge on any atom is 0.356 e. The Labute approximate surface area is 101 Å². The summed E-state index contributed by atoms with van der Waals surface area (Å²) in [6.07, 6.45) is 1.48. The van der Waals surface area contributed by atoms with Crippen LogP contribution < -0.4 is 5.32 Å². The highest BCUT2D eigenvalue weighted by Crippen LogP contribution is 2.15. The number of pyridine rings is 1. The lowest BCUT2D eigenvalue weighted by molar-refractivity contribution is 0.0691. The number of hydrogen-bond acceptors (Lipinski definition) is 4. The average molecular weight is 237 g/mol. The highest BCUT2D eigenvalue weighted by Gasteiger charge is 2.21. The van der Waals surface area contributed by atoms with E-state index in [-0.39, 0.29) is 11.2 Å². The molecule has 94 valence electrons. The second kappa shape index (κ2) is 5.14. The molecule has 1 heterocycles. The van der Waals surface area contributed by atoms with Gasteiger partial charge in [0.05, 0.1) is 5.69 Å². The first-order valence-electron chi connectivity index (χ1n) is 5.44. The smallest absolute Gasteiger partial charge is 0.356 e. The van der Waals surface area contributed by atoms with Gasteiger partial charge in [-0.25, -0.2) is 9.78 Å². The number of carbonyl (C=O) groups is 1. The lowest BCUT2D eigenvalue weighted by atomic mass is 10.0. The van der Waals surface area contributed by atoms with Crippen molar-refractivity contribution in [2.75, 3.05) is 26.0 Å². The normalized spacial score (nSPS) is 11.6. The van der Waals surface area contributed by atoms with E-state index >= 15 is 0 Å². The van der Waals surface area contributed by atoms with E-state index in [1.807, 2.05) is 14.1 Å². The van der Waals surface area contributed by atoms with Gasteiger partial charge in [0.2, 0.25) is 0 Å². The first kappa shape index (κ1) is 13.4. The number of carboxylic acids is 1. The van der Waals surface area contributed by atoms with E-state index in [9.17, 15) is 4.79 Å². The Balaban J connectivity index is 2.79. The number of aromatic nitrogens is 1. The van der Waals surface area contributed by atoms with Gasteiger partial charge in [-0.1, -0.05) is 0 Å². The molecule has 1 aromatic heterocycles. The molecule has 0 fully saturated rings. The summed E-state index contributed by atoms with van der Waals surface area (Å²) in [6.45, 7) is 4.81. The fraction of sp³-hybridized carbons (Fsp3) is 0.500. The number of nitrogens with one attached hydrogen (secondary N) is 1. The Morgan fingerprint density at radius 3 is 2.71 bits per heavy atom. The molecule has 0 aliphatic heterocycles. The van der Waals surface area contributed by atoms with Crippen molar-refractivity contribution in [3.63, 3.8) is 0 Å². The summed E-state index contributed by atoms with van der Waals surface area (Å²) in [6, 6.07) is 3.44. The van der Waals surface area contributed by atoms with E-state index in [0.29, 0.717) is 12.2 Å². The fourth-order valence-corrected chi connectivity index (χ4v) is 1.19. The van der Waals surface area contributed by atoms with Crippen LogP contribution in [-0.2, 0) is 0 Å². The summed E-state index contributed by atoms with van der Waals surface area (Å²) in [5, 5.41) is 12.1. The molecule has 0 saturated carbocycles. The minimum absolute atomic E-state index is 0.0575. The highest BCUT2D eigenvalue weighted by atomic mass is 16.4. The fourth-order valence-electron chi connectivity index (χ4n) is 1.19. The van der Waals surface area contributed by atoms with Crippen molar-refractivity contribution in [2.45, 2.75) is 19.4 Å². The summed E-state index contributed by atoms with van der Waals surface area (Å²) >= 11 is 0. The third kappa shape index (κ3) is 3.42. The van der Waals surface area contributed by atoms with Gasteiger partial charge in [-0.2, -0.15) is 0 Å². The Morgan fingerprint density at radius 2 is 2.18 bits per heavy atom. The standard InChI is InChI=1S/C12H19N3O2/c1-12(2,15(3)4)8-14-9-6-5-7-13-10(9)11(16)17/h5-7,14H,8H2,1-4H3,(H,16,17). The zero-order valence-corrected chi connectivity index (χ0v) is 10.7. The summed E-state index contributed by atoms with van der Waals surface area (Å²) in [4.78, 5) is 16.9. The Morgan fingerprint density at radius 1 is 1.53 bits per heavy atom. The number of aromatic carboxylic acids is 1. The predicted octanol–water partition coefficient (Wildman–Crippen LogP) is 1.53. The third-order valence-electron chi connectivity index (χ3n) is 2.93. The van der Waals surface area contributed by atoms with Crippen molar-refractivity contribution in [2.24, 2.45) is 0 Å². The molecule has 17 heavy (non-hydrogen) atoms. The molecule has 1 rings (SSSR count). The summed E-state index contributed by atoms with van der Waals surface area (Å²) in [5.74, 6) is -1.02. The van der Waals surface area contributed by atoms with Crippen LogP contribution in [0.2, 0.25) is 0 Å². The molecular weight excluding hydrogens is 218 g/mol. The second-order valence-corrected chi connectivity index (χ2v) is 4.77. The third-order valence-corrected chi connectivity index (χ3v) is 2.93. The van der Waals surface area contributed by atoms with Crippen LogP contribution in [0.5, 0.6) is 0 Å². The minimum Gasteiger partial charge on any atom is -0.476 e. The van der Waals surface area contributed by atoms with E-state index in [1.165, 1.54) is 6.20 Å². The number of carboxylic acid groups (broad SMARTS) is 1. The number of rotatable bonds is 5. The molecule has 0 aromatic carbocycles. The lowest BCUT2D eigenvalue weighted by Gasteiger charge is -2.33. The molecule has 0 radical (unpaired) electrons. The summed E-state index contributed by atoms with van der Waals surface area (Å²) < 4.78 is 0. The molecule has 0 bridgehead atoms. The number of anilines is 1. The minimum atomic E-state index is -1.02. The monoisotopic (exact) mass is 237 g/mol. The van der Waals surface area contributed by atoms with E-state index in [4.69, 9.17) is 5.11 Å². The van der Waals surface area contributed by atoms with Crippen LogP contribution in [0.1, 0.15) is 24.3 Å². The zero-order valence-electron chi connectivity index (χ0n) is 10.7. The van der Waals surface area contributed by atoms with Gasteiger partial charge in [-0.15, -0.1) is 0 Å². The summed E-state index contributed by atoms with van der Waals surface area (Å²) in [7, 11) is 3.98. The number of likely N-dealkylation sites (N-methyl/N-ethyl adjacent to an activating group) is 1. The van der Waals surface area contributed by atoms with Crippen LogP contribution in [-0.4, -0.2) is 47.1 Å². The molecule has 0 aliphatic carbocycles. The van der Waals surface area contributed by atoms with Crippen LogP contribution >= 0.6 is 0 Å².